The van der Waals surface area contributed by atoms with Gasteiger partial charge in [-0.15, -0.1) is 0 Å². The lowest BCUT2D eigenvalue weighted by molar-refractivity contribution is -0.0110. The first kappa shape index (κ1) is 37.9. The number of nitrogens with two attached hydrogens (primary N) is 3. The Hall–Kier alpha value is -5.31. The lowest BCUT2D eigenvalue weighted by atomic mass is 9.46. The van der Waals surface area contributed by atoms with Crippen molar-refractivity contribution in [2.45, 2.75) is 109 Å². The number of hydrogen-bond acceptors (Lipinski definition) is 9. The van der Waals surface area contributed by atoms with Crippen molar-refractivity contribution in [3.05, 3.63) is 88.5 Å². The molecule has 8 fully saturated rings. The summed E-state index contributed by atoms with van der Waals surface area (Å²) >= 11 is 0. The Kier molecular flexibility index (Phi) is 8.93. The monoisotopic (exact) mass is 793 g/mol. The average molecular weight is 794 g/mol. The molecule has 0 spiro atoms. The van der Waals surface area contributed by atoms with E-state index in [0.717, 1.165) is 55.4 Å². The summed E-state index contributed by atoms with van der Waals surface area (Å²) in [5.41, 5.74) is 24.5. The smallest absolute Gasteiger partial charge is 0.159 e. The maximum Gasteiger partial charge on any atom is 0.159 e. The maximum atomic E-state index is 12.5. The van der Waals surface area contributed by atoms with Crippen LogP contribution in [-0.2, 0) is 10.8 Å². The maximum absolute atomic E-state index is 12.5. The first-order valence-corrected chi connectivity index (χ1v) is 21.7. The Bertz CT molecular complexity index is 2230. The molecule has 306 valence electrons. The van der Waals surface area contributed by atoms with Crippen LogP contribution in [0.4, 0.5) is 17.1 Å². The molecule has 0 unspecified atom stereocenters. The van der Waals surface area contributed by atoms with E-state index in [1.807, 2.05) is 6.07 Å². The number of carbonyl (C=O) groups excluding carboxylic acids is 3. The fraction of sp³-hybridized carbons (Fsp3) is 0.460. The molecule has 59 heavy (non-hydrogen) atoms. The molecule has 9 nitrogen and oxygen atoms in total. The van der Waals surface area contributed by atoms with Gasteiger partial charge in [-0.3, -0.25) is 14.4 Å². The van der Waals surface area contributed by atoms with Crippen LogP contribution >= 0.6 is 0 Å². The predicted molar refractivity (Wildman–Crippen MR) is 229 cm³/mol. The van der Waals surface area contributed by atoms with E-state index >= 15 is 0 Å². The normalized spacial score (nSPS) is 29.7. The Morgan fingerprint density at radius 1 is 0.441 bits per heavy atom. The standard InChI is InChI=1S/C50H55N3O6/c1-26(54)35-4-7-41(38(51)16-35)57-44-19-45(58-42-8-5-36(27(2)55)17-39(42)52)47(50-23-32-13-33(24-50)15-34(14-32)25-50)48(59-43-9-6-37(28(3)56)18-40(43)53)46(44)49-20-29-10-30(21-49)12-31(11-29)22-49/h4-9,16-19,29-34H,10-15,20-25,51-53H2,1-3H3. The van der Waals surface area contributed by atoms with Crippen molar-refractivity contribution >= 4 is 34.4 Å². The molecule has 8 saturated carbocycles. The highest BCUT2D eigenvalue weighted by Crippen LogP contribution is 2.69. The second-order valence-corrected chi connectivity index (χ2v) is 19.6. The van der Waals surface area contributed by atoms with E-state index in [4.69, 9.17) is 31.4 Å². The molecule has 4 aromatic carbocycles. The molecule has 0 atom stereocenters. The number of benzene rings is 4. The first-order chi connectivity index (χ1) is 28.2. The van der Waals surface area contributed by atoms with Gasteiger partial charge in [0.1, 0.15) is 34.5 Å². The summed E-state index contributed by atoms with van der Waals surface area (Å²) in [6.07, 6.45) is 13.7. The number of Topliss-reactive ketones (excluding diaryl/α,β-unsaturated/α-hetero) is 3. The molecule has 8 aliphatic rings. The van der Waals surface area contributed by atoms with Crippen LogP contribution in [0.15, 0.2) is 60.7 Å². The highest BCUT2D eigenvalue weighted by Gasteiger charge is 2.58. The summed E-state index contributed by atoms with van der Waals surface area (Å²) in [6.45, 7) is 4.60. The molecule has 4 aromatic rings. The van der Waals surface area contributed by atoms with E-state index in [1.54, 1.807) is 55.5 Å². The molecule has 6 N–H and O–H groups in total. The Morgan fingerprint density at radius 3 is 1.00 bits per heavy atom. The largest absolute Gasteiger partial charge is 0.455 e. The minimum atomic E-state index is -0.237. The van der Waals surface area contributed by atoms with Gasteiger partial charge in [-0.2, -0.15) is 0 Å². The van der Waals surface area contributed by atoms with Gasteiger partial charge in [-0.05, 0) is 188 Å². The molecule has 8 aliphatic carbocycles. The van der Waals surface area contributed by atoms with Gasteiger partial charge >= 0.3 is 0 Å². The zero-order chi connectivity index (χ0) is 41.0. The van der Waals surface area contributed by atoms with Crippen LogP contribution in [0.2, 0.25) is 0 Å². The van der Waals surface area contributed by atoms with Gasteiger partial charge in [0.25, 0.3) is 0 Å². The third-order valence-corrected chi connectivity index (χ3v) is 15.2. The number of ether oxygens (including phenoxy) is 3. The molecule has 0 aliphatic heterocycles. The molecule has 0 radical (unpaired) electrons. The van der Waals surface area contributed by atoms with E-state index in [2.05, 4.69) is 6.07 Å². The predicted octanol–water partition coefficient (Wildman–Crippen LogP) is 11.4. The molecule has 0 aromatic heterocycles. The number of ketones is 3. The van der Waals surface area contributed by atoms with Gasteiger partial charge in [0.05, 0.1) is 17.1 Å². The Balaban J connectivity index is 1.26. The lowest BCUT2D eigenvalue weighted by Crippen LogP contribution is -2.50. The summed E-state index contributed by atoms with van der Waals surface area (Å²) in [4.78, 5) is 37.3. The molecular formula is C50H55N3O6. The summed E-state index contributed by atoms with van der Waals surface area (Å²) in [5.74, 6) is 6.74. The minimum absolute atomic E-state index is 0.0698. The van der Waals surface area contributed by atoms with E-state index < -0.39 is 0 Å². The zero-order valence-corrected chi connectivity index (χ0v) is 34.4. The number of anilines is 3. The van der Waals surface area contributed by atoms with Crippen molar-refractivity contribution in [2.24, 2.45) is 35.5 Å². The van der Waals surface area contributed by atoms with Crippen molar-refractivity contribution < 1.29 is 28.6 Å². The average Bonchev–Trinajstić information content (AvgIpc) is 3.15. The van der Waals surface area contributed by atoms with Crippen molar-refractivity contribution in [1.29, 1.82) is 0 Å². The molecular weight excluding hydrogens is 739 g/mol. The van der Waals surface area contributed by atoms with Crippen LogP contribution < -0.4 is 31.4 Å². The second kappa shape index (κ2) is 13.9. The summed E-state index contributed by atoms with van der Waals surface area (Å²) < 4.78 is 21.7. The van der Waals surface area contributed by atoms with Crippen molar-refractivity contribution in [3.8, 4) is 34.5 Å². The van der Waals surface area contributed by atoms with Gasteiger partial charge in [0, 0.05) is 44.7 Å². The van der Waals surface area contributed by atoms with E-state index in [-0.39, 0.29) is 28.2 Å². The van der Waals surface area contributed by atoms with Crippen LogP contribution in [0.1, 0.15) is 140 Å². The highest BCUT2D eigenvalue weighted by atomic mass is 16.5. The van der Waals surface area contributed by atoms with E-state index in [0.29, 0.717) is 98.0 Å². The van der Waals surface area contributed by atoms with Gasteiger partial charge in [0.15, 0.2) is 17.3 Å². The number of rotatable bonds is 11. The van der Waals surface area contributed by atoms with Crippen molar-refractivity contribution in [2.75, 3.05) is 17.2 Å². The second-order valence-electron chi connectivity index (χ2n) is 19.6. The van der Waals surface area contributed by atoms with E-state index in [9.17, 15) is 14.4 Å². The third kappa shape index (κ3) is 6.56. The molecule has 8 bridgehead atoms. The molecule has 9 heteroatoms. The highest BCUT2D eigenvalue weighted by molar-refractivity contribution is 5.96. The van der Waals surface area contributed by atoms with Crippen LogP contribution in [-0.4, -0.2) is 17.3 Å². The number of nitrogen functional groups attached to an aromatic ring is 3. The Labute approximate surface area is 346 Å². The fourth-order valence-corrected chi connectivity index (χ4v) is 13.6. The lowest BCUT2D eigenvalue weighted by Gasteiger charge is -2.59. The molecule has 0 saturated heterocycles. The summed E-state index contributed by atoms with van der Waals surface area (Å²) in [5, 5.41) is 0. The molecule has 0 heterocycles. The summed E-state index contributed by atoms with van der Waals surface area (Å²) in [6, 6.07) is 17.8. The van der Waals surface area contributed by atoms with Crippen LogP contribution in [0.25, 0.3) is 0 Å². The fourth-order valence-electron chi connectivity index (χ4n) is 13.6. The van der Waals surface area contributed by atoms with Crippen LogP contribution in [0.5, 0.6) is 34.5 Å². The molecule has 0 amide bonds. The van der Waals surface area contributed by atoms with Crippen LogP contribution in [0.3, 0.4) is 0 Å². The van der Waals surface area contributed by atoms with Crippen molar-refractivity contribution in [1.82, 2.24) is 0 Å². The topological polar surface area (TPSA) is 157 Å². The third-order valence-electron chi connectivity index (χ3n) is 15.2. The van der Waals surface area contributed by atoms with E-state index in [1.165, 1.54) is 52.4 Å². The zero-order valence-electron chi connectivity index (χ0n) is 34.4. The van der Waals surface area contributed by atoms with Gasteiger partial charge in [0.2, 0.25) is 0 Å². The van der Waals surface area contributed by atoms with Crippen LogP contribution in [0, 0.1) is 35.5 Å². The SMILES string of the molecule is CC(=O)c1ccc(Oc2cc(Oc3ccc(C(C)=O)cc3N)c(C34CC5CC(CC(C5)C3)C4)c(Oc3ccc(C(C)=O)cc3N)c2C23CC4CC(CC(C4)C2)C3)c(N)c1. The number of carbonyl (C=O) groups is 3. The van der Waals surface area contributed by atoms with Gasteiger partial charge in [-0.25, -0.2) is 0 Å². The van der Waals surface area contributed by atoms with Gasteiger partial charge in [-0.1, -0.05) is 0 Å². The number of hydrogen-bond donors (Lipinski definition) is 3. The van der Waals surface area contributed by atoms with Gasteiger partial charge < -0.3 is 31.4 Å². The minimum Gasteiger partial charge on any atom is -0.455 e. The van der Waals surface area contributed by atoms with Crippen molar-refractivity contribution in [3.63, 3.8) is 0 Å². The Morgan fingerprint density at radius 2 is 0.729 bits per heavy atom. The summed E-state index contributed by atoms with van der Waals surface area (Å²) in [7, 11) is 0. The quantitative estimate of drug-likeness (QED) is 0.0993. The first-order valence-electron chi connectivity index (χ1n) is 21.7. The molecule has 12 rings (SSSR count).